The summed E-state index contributed by atoms with van der Waals surface area (Å²) in [4.78, 5) is 0.273. The minimum Gasteiger partial charge on any atom is -0.326 e. The summed E-state index contributed by atoms with van der Waals surface area (Å²) >= 11 is 3.30. The Morgan fingerprint density at radius 3 is 2.74 bits per heavy atom. The second-order valence-electron chi connectivity index (χ2n) is 5.10. The lowest BCUT2D eigenvalue weighted by molar-refractivity contribution is 0.476. The summed E-state index contributed by atoms with van der Waals surface area (Å²) in [6.45, 7) is 2.42. The zero-order valence-corrected chi connectivity index (χ0v) is 13.3. The van der Waals surface area contributed by atoms with E-state index >= 15 is 0 Å². The van der Waals surface area contributed by atoms with Crippen molar-refractivity contribution in [3.05, 3.63) is 28.2 Å². The quantitative estimate of drug-likeness (QED) is 0.878. The Bertz CT molecular complexity index is 560. The predicted molar refractivity (Wildman–Crippen MR) is 79.2 cm³/mol. The molecule has 0 amide bonds. The molecule has 1 aromatic carbocycles. The summed E-state index contributed by atoms with van der Waals surface area (Å²) in [5.41, 5.74) is 6.38. The van der Waals surface area contributed by atoms with Gasteiger partial charge in [0.1, 0.15) is 0 Å². The standard InChI is InChI=1S/C13H19BrN2O2S/c1-9-3-2-4-12(9)16-19(17,18)13-7-10(8-15)5-6-11(13)14/h5-7,9,12,16H,2-4,8,15H2,1H3. The normalized spacial score (nSPS) is 23.7. The summed E-state index contributed by atoms with van der Waals surface area (Å²) in [5.74, 6) is 0.395. The third-order valence-corrected chi connectivity index (χ3v) is 6.17. The maximum absolute atomic E-state index is 12.4. The van der Waals surface area contributed by atoms with E-state index in [2.05, 4.69) is 27.6 Å². The van der Waals surface area contributed by atoms with Crippen molar-refractivity contribution in [2.75, 3.05) is 0 Å². The monoisotopic (exact) mass is 346 g/mol. The highest BCUT2D eigenvalue weighted by Crippen LogP contribution is 2.28. The molecular formula is C13H19BrN2O2S. The predicted octanol–water partition coefficient (Wildman–Crippen LogP) is 2.37. The summed E-state index contributed by atoms with van der Waals surface area (Å²) < 4.78 is 28.3. The van der Waals surface area contributed by atoms with Gasteiger partial charge in [-0.05, 0) is 52.4 Å². The molecular weight excluding hydrogens is 328 g/mol. The van der Waals surface area contributed by atoms with Crippen LogP contribution in [0.5, 0.6) is 0 Å². The van der Waals surface area contributed by atoms with Crippen LogP contribution < -0.4 is 10.5 Å². The minimum absolute atomic E-state index is 0.0402. The molecule has 1 aliphatic rings. The van der Waals surface area contributed by atoms with Gasteiger partial charge in [0.15, 0.2) is 0 Å². The molecule has 2 atom stereocenters. The SMILES string of the molecule is CC1CCCC1NS(=O)(=O)c1cc(CN)ccc1Br. The van der Waals surface area contributed by atoms with Crippen molar-refractivity contribution < 1.29 is 8.42 Å². The van der Waals surface area contributed by atoms with Gasteiger partial charge in [0.2, 0.25) is 10.0 Å². The van der Waals surface area contributed by atoms with E-state index in [4.69, 9.17) is 5.73 Å². The van der Waals surface area contributed by atoms with Crippen molar-refractivity contribution >= 4 is 26.0 Å². The first-order valence-electron chi connectivity index (χ1n) is 6.45. The maximum Gasteiger partial charge on any atom is 0.241 e. The van der Waals surface area contributed by atoms with Crippen LogP contribution in [-0.2, 0) is 16.6 Å². The molecule has 0 bridgehead atoms. The molecule has 2 rings (SSSR count). The number of sulfonamides is 1. The highest BCUT2D eigenvalue weighted by molar-refractivity contribution is 9.10. The van der Waals surface area contributed by atoms with Crippen molar-refractivity contribution in [1.29, 1.82) is 0 Å². The van der Waals surface area contributed by atoms with E-state index in [0.717, 1.165) is 24.8 Å². The fraction of sp³-hybridized carbons (Fsp3) is 0.538. The first kappa shape index (κ1) is 15.0. The van der Waals surface area contributed by atoms with Gasteiger partial charge in [-0.3, -0.25) is 0 Å². The van der Waals surface area contributed by atoms with E-state index in [1.54, 1.807) is 12.1 Å². The number of hydrogen-bond donors (Lipinski definition) is 2. The molecule has 4 nitrogen and oxygen atoms in total. The highest BCUT2D eigenvalue weighted by atomic mass is 79.9. The van der Waals surface area contributed by atoms with Crippen LogP contribution in [0.15, 0.2) is 27.6 Å². The first-order chi connectivity index (χ1) is 8.94. The Morgan fingerprint density at radius 1 is 1.42 bits per heavy atom. The summed E-state index contributed by atoms with van der Waals surface area (Å²) in [6, 6.07) is 5.22. The summed E-state index contributed by atoms with van der Waals surface area (Å²) in [6.07, 6.45) is 3.07. The van der Waals surface area contributed by atoms with Gasteiger partial charge in [-0.15, -0.1) is 0 Å². The Morgan fingerprint density at radius 2 is 2.16 bits per heavy atom. The average Bonchev–Trinajstić information content (AvgIpc) is 2.75. The van der Waals surface area contributed by atoms with Crippen LogP contribution in [0.1, 0.15) is 31.7 Å². The molecule has 1 fully saturated rings. The molecule has 3 N–H and O–H groups in total. The minimum atomic E-state index is -3.49. The van der Waals surface area contributed by atoms with Gasteiger partial charge in [0, 0.05) is 17.1 Å². The van der Waals surface area contributed by atoms with Crippen LogP contribution in [0, 0.1) is 5.92 Å². The van der Waals surface area contributed by atoms with Crippen molar-refractivity contribution in [3.63, 3.8) is 0 Å². The molecule has 106 valence electrons. The van der Waals surface area contributed by atoms with E-state index in [-0.39, 0.29) is 10.9 Å². The van der Waals surface area contributed by atoms with Crippen LogP contribution >= 0.6 is 15.9 Å². The molecule has 1 aromatic rings. The van der Waals surface area contributed by atoms with Crippen LogP contribution in [0.25, 0.3) is 0 Å². The smallest absolute Gasteiger partial charge is 0.241 e. The van der Waals surface area contributed by atoms with Crippen LogP contribution in [0.4, 0.5) is 0 Å². The fourth-order valence-corrected chi connectivity index (χ4v) is 4.86. The first-order valence-corrected chi connectivity index (χ1v) is 8.72. The zero-order chi connectivity index (χ0) is 14.0. The lowest BCUT2D eigenvalue weighted by Gasteiger charge is -2.18. The van der Waals surface area contributed by atoms with E-state index in [9.17, 15) is 8.42 Å². The van der Waals surface area contributed by atoms with Crippen molar-refractivity contribution in [2.45, 2.75) is 43.7 Å². The average molecular weight is 347 g/mol. The van der Waals surface area contributed by atoms with Crippen molar-refractivity contribution in [2.24, 2.45) is 11.7 Å². The van der Waals surface area contributed by atoms with E-state index in [1.165, 1.54) is 0 Å². The third kappa shape index (κ3) is 3.37. The topological polar surface area (TPSA) is 72.2 Å². The Labute approximate surface area is 122 Å². The van der Waals surface area contributed by atoms with Gasteiger partial charge in [0.25, 0.3) is 0 Å². The van der Waals surface area contributed by atoms with Crippen molar-refractivity contribution in [3.8, 4) is 0 Å². The van der Waals surface area contributed by atoms with E-state index < -0.39 is 10.0 Å². The number of hydrogen-bond acceptors (Lipinski definition) is 3. The van der Waals surface area contributed by atoms with Gasteiger partial charge < -0.3 is 5.73 Å². The number of rotatable bonds is 4. The van der Waals surface area contributed by atoms with Crippen LogP contribution in [-0.4, -0.2) is 14.5 Å². The van der Waals surface area contributed by atoms with Gasteiger partial charge in [0.05, 0.1) is 4.90 Å². The molecule has 19 heavy (non-hydrogen) atoms. The number of nitrogens with two attached hydrogens (primary N) is 1. The zero-order valence-electron chi connectivity index (χ0n) is 10.9. The van der Waals surface area contributed by atoms with E-state index in [1.807, 2.05) is 6.07 Å². The van der Waals surface area contributed by atoms with Gasteiger partial charge >= 0.3 is 0 Å². The highest BCUT2D eigenvalue weighted by Gasteiger charge is 2.29. The Kier molecular flexibility index (Phi) is 4.66. The van der Waals surface area contributed by atoms with Crippen LogP contribution in [0.2, 0.25) is 0 Å². The number of benzene rings is 1. The molecule has 2 unspecified atom stereocenters. The molecule has 0 spiro atoms. The fourth-order valence-electron chi connectivity index (χ4n) is 2.46. The Balaban J connectivity index is 2.28. The molecule has 0 aliphatic heterocycles. The third-order valence-electron chi connectivity index (χ3n) is 3.69. The lowest BCUT2D eigenvalue weighted by atomic mass is 10.1. The van der Waals surface area contributed by atoms with Gasteiger partial charge in [-0.25, -0.2) is 13.1 Å². The maximum atomic E-state index is 12.4. The van der Waals surface area contributed by atoms with Crippen molar-refractivity contribution in [1.82, 2.24) is 4.72 Å². The van der Waals surface area contributed by atoms with Crippen LogP contribution in [0.3, 0.4) is 0 Å². The second kappa shape index (κ2) is 5.91. The second-order valence-corrected chi connectivity index (χ2v) is 7.64. The molecule has 0 heterocycles. The van der Waals surface area contributed by atoms with E-state index in [0.29, 0.717) is 16.9 Å². The lowest BCUT2D eigenvalue weighted by Crippen LogP contribution is -2.36. The largest absolute Gasteiger partial charge is 0.326 e. The molecule has 6 heteroatoms. The molecule has 1 saturated carbocycles. The molecule has 0 radical (unpaired) electrons. The van der Waals surface area contributed by atoms with Gasteiger partial charge in [-0.1, -0.05) is 19.4 Å². The molecule has 0 saturated heterocycles. The molecule has 0 aromatic heterocycles. The molecule has 1 aliphatic carbocycles. The summed E-state index contributed by atoms with van der Waals surface area (Å²) in [5, 5.41) is 0. The number of nitrogens with one attached hydrogen (secondary N) is 1. The van der Waals surface area contributed by atoms with Gasteiger partial charge in [-0.2, -0.15) is 0 Å². The summed E-state index contributed by atoms with van der Waals surface area (Å²) in [7, 11) is -3.49. The number of halogens is 1. The Hall–Kier alpha value is -0.430.